The molecule has 3 aromatic carbocycles. The molecule has 2 unspecified atom stereocenters. The van der Waals surface area contributed by atoms with Gasteiger partial charge in [0.25, 0.3) is 0 Å². The van der Waals surface area contributed by atoms with Gasteiger partial charge >= 0.3 is 12.1 Å². The quantitative estimate of drug-likeness (QED) is 0.283. The summed E-state index contributed by atoms with van der Waals surface area (Å²) in [6, 6.07) is 24.7. The summed E-state index contributed by atoms with van der Waals surface area (Å²) >= 11 is 0. The maximum absolute atomic E-state index is 13.0. The molecule has 2 amide bonds. The number of carbonyl (C=O) groups is 3. The third kappa shape index (κ3) is 7.43. The second-order valence-electron chi connectivity index (χ2n) is 9.70. The second-order valence-corrected chi connectivity index (χ2v) is 9.70. The first kappa shape index (κ1) is 27.8. The number of hydrogen-bond acceptors (Lipinski definition) is 6. The lowest BCUT2D eigenvalue weighted by molar-refractivity contribution is -0.139. The molecule has 0 aromatic heterocycles. The molecule has 9 heteroatoms. The number of nitrogens with zero attached hydrogens (tertiary/aromatic N) is 1. The summed E-state index contributed by atoms with van der Waals surface area (Å²) in [5.41, 5.74) is 5.42. The van der Waals surface area contributed by atoms with Crippen molar-refractivity contribution in [1.82, 2.24) is 15.5 Å². The third-order valence-corrected chi connectivity index (χ3v) is 6.66. The van der Waals surface area contributed by atoms with Crippen LogP contribution in [0.5, 0.6) is 0 Å². The van der Waals surface area contributed by atoms with Gasteiger partial charge in [-0.2, -0.15) is 0 Å². The standard InChI is InChI=1S/C30H33N3O6/c1-33(17-20-9-3-2-4-10-20)18-27(29(37)31-16-21(34)15-28(35)36)32-30(38)39-19-26-24-13-7-5-11-22(24)23-12-6-8-14-25(23)26/h2-14,21,26-27,34H,15-19H2,1H3,(H,31,37)(H,32,38)(H,35,36). The van der Waals surface area contributed by atoms with E-state index in [2.05, 4.69) is 22.8 Å². The molecule has 204 valence electrons. The van der Waals surface area contributed by atoms with Crippen LogP contribution >= 0.6 is 0 Å². The van der Waals surface area contributed by atoms with E-state index in [-0.39, 0.29) is 25.6 Å². The molecular formula is C30H33N3O6. The van der Waals surface area contributed by atoms with Crippen LogP contribution < -0.4 is 10.6 Å². The first-order valence-electron chi connectivity index (χ1n) is 12.8. The Morgan fingerprint density at radius 1 is 0.923 bits per heavy atom. The van der Waals surface area contributed by atoms with Gasteiger partial charge in [0.05, 0.1) is 12.5 Å². The summed E-state index contributed by atoms with van der Waals surface area (Å²) in [6.45, 7) is 0.556. The number of likely N-dealkylation sites (N-methyl/N-ethyl adjacent to an activating group) is 1. The van der Waals surface area contributed by atoms with E-state index in [9.17, 15) is 19.5 Å². The molecule has 4 rings (SSSR count). The van der Waals surface area contributed by atoms with Crippen molar-refractivity contribution in [2.75, 3.05) is 26.7 Å². The summed E-state index contributed by atoms with van der Waals surface area (Å²) in [4.78, 5) is 38.6. The highest BCUT2D eigenvalue weighted by Gasteiger charge is 2.30. The maximum atomic E-state index is 13.0. The van der Waals surface area contributed by atoms with Gasteiger partial charge in [-0.05, 0) is 34.9 Å². The van der Waals surface area contributed by atoms with Gasteiger partial charge in [-0.25, -0.2) is 4.79 Å². The number of nitrogens with one attached hydrogen (secondary N) is 2. The fraction of sp³-hybridized carbons (Fsp3) is 0.300. The molecule has 1 aliphatic carbocycles. The Balaban J connectivity index is 1.40. The van der Waals surface area contributed by atoms with Crippen LogP contribution in [-0.4, -0.2) is 72.0 Å². The van der Waals surface area contributed by atoms with E-state index in [0.29, 0.717) is 6.54 Å². The molecule has 0 radical (unpaired) electrons. The lowest BCUT2D eigenvalue weighted by atomic mass is 9.98. The Labute approximate surface area is 227 Å². The largest absolute Gasteiger partial charge is 0.481 e. The van der Waals surface area contributed by atoms with E-state index in [1.54, 1.807) is 0 Å². The third-order valence-electron chi connectivity index (χ3n) is 6.66. The molecule has 0 saturated heterocycles. The first-order chi connectivity index (χ1) is 18.8. The highest BCUT2D eigenvalue weighted by atomic mass is 16.5. The van der Waals surface area contributed by atoms with Crippen molar-refractivity contribution < 1.29 is 29.3 Å². The minimum absolute atomic E-state index is 0.103. The fourth-order valence-corrected chi connectivity index (χ4v) is 4.86. The van der Waals surface area contributed by atoms with E-state index in [1.807, 2.05) is 78.7 Å². The molecule has 0 heterocycles. The number of aliphatic carboxylic acids is 1. The minimum atomic E-state index is -1.25. The molecular weight excluding hydrogens is 498 g/mol. The molecule has 0 bridgehead atoms. The van der Waals surface area contributed by atoms with E-state index >= 15 is 0 Å². The number of rotatable bonds is 12. The highest BCUT2D eigenvalue weighted by Crippen LogP contribution is 2.44. The predicted molar refractivity (Wildman–Crippen MR) is 146 cm³/mol. The van der Waals surface area contributed by atoms with Gasteiger partial charge in [-0.15, -0.1) is 0 Å². The zero-order valence-electron chi connectivity index (χ0n) is 21.7. The van der Waals surface area contributed by atoms with Gasteiger partial charge < -0.3 is 25.6 Å². The van der Waals surface area contributed by atoms with Crippen LogP contribution in [0.3, 0.4) is 0 Å². The van der Waals surface area contributed by atoms with Gasteiger partial charge in [0.2, 0.25) is 5.91 Å². The zero-order valence-corrected chi connectivity index (χ0v) is 21.7. The van der Waals surface area contributed by atoms with Crippen LogP contribution in [0.4, 0.5) is 4.79 Å². The van der Waals surface area contributed by atoms with Crippen LogP contribution in [0.1, 0.15) is 29.0 Å². The van der Waals surface area contributed by atoms with Gasteiger partial charge in [0.15, 0.2) is 0 Å². The maximum Gasteiger partial charge on any atom is 0.407 e. The molecule has 1 aliphatic rings. The smallest absolute Gasteiger partial charge is 0.407 e. The number of carboxylic acid groups (broad SMARTS) is 1. The number of carbonyl (C=O) groups excluding carboxylic acids is 2. The van der Waals surface area contributed by atoms with Crippen molar-refractivity contribution in [3.63, 3.8) is 0 Å². The van der Waals surface area contributed by atoms with Gasteiger partial charge in [-0.1, -0.05) is 78.9 Å². The van der Waals surface area contributed by atoms with Crippen molar-refractivity contribution >= 4 is 18.0 Å². The molecule has 39 heavy (non-hydrogen) atoms. The van der Waals surface area contributed by atoms with E-state index < -0.39 is 36.5 Å². The summed E-state index contributed by atoms with van der Waals surface area (Å²) in [5.74, 6) is -1.84. The van der Waals surface area contributed by atoms with Crippen molar-refractivity contribution in [3.05, 3.63) is 95.6 Å². The Morgan fingerprint density at radius 2 is 1.51 bits per heavy atom. The topological polar surface area (TPSA) is 128 Å². The minimum Gasteiger partial charge on any atom is -0.481 e. The molecule has 9 nitrogen and oxygen atoms in total. The van der Waals surface area contributed by atoms with Crippen LogP contribution in [0, 0.1) is 0 Å². The average molecular weight is 532 g/mol. The van der Waals surface area contributed by atoms with Crippen molar-refractivity contribution in [3.8, 4) is 11.1 Å². The normalized spacial score (nSPS) is 13.7. The number of ether oxygens (including phenoxy) is 1. The molecule has 0 spiro atoms. The summed E-state index contributed by atoms with van der Waals surface area (Å²) in [5, 5.41) is 23.9. The van der Waals surface area contributed by atoms with Crippen LogP contribution in [-0.2, 0) is 20.9 Å². The number of amides is 2. The average Bonchev–Trinajstić information content (AvgIpc) is 3.24. The SMILES string of the molecule is CN(Cc1ccccc1)CC(NC(=O)OCC1c2ccccc2-c2ccccc21)C(=O)NCC(O)CC(=O)O. The van der Waals surface area contributed by atoms with Crippen LogP contribution in [0.25, 0.3) is 11.1 Å². The van der Waals surface area contributed by atoms with E-state index in [4.69, 9.17) is 9.84 Å². The number of alkyl carbamates (subject to hydrolysis) is 1. The number of aliphatic hydroxyl groups is 1. The van der Waals surface area contributed by atoms with Crippen LogP contribution in [0.2, 0.25) is 0 Å². The summed E-state index contributed by atoms with van der Waals surface area (Å²) < 4.78 is 5.62. The summed E-state index contributed by atoms with van der Waals surface area (Å²) in [6.07, 6.45) is -2.49. The fourth-order valence-electron chi connectivity index (χ4n) is 4.86. The molecule has 2 atom stereocenters. The lowest BCUT2D eigenvalue weighted by Crippen LogP contribution is -2.53. The molecule has 0 fully saturated rings. The van der Waals surface area contributed by atoms with Crippen molar-refractivity contribution in [2.45, 2.75) is 31.0 Å². The Morgan fingerprint density at radius 3 is 2.13 bits per heavy atom. The number of carboxylic acids is 1. The number of fused-ring (bicyclic) bond motifs is 3. The summed E-state index contributed by atoms with van der Waals surface area (Å²) in [7, 11) is 1.83. The molecule has 0 aliphatic heterocycles. The van der Waals surface area contributed by atoms with Gasteiger partial charge in [0.1, 0.15) is 12.6 Å². The van der Waals surface area contributed by atoms with Crippen molar-refractivity contribution in [2.24, 2.45) is 0 Å². The van der Waals surface area contributed by atoms with E-state index in [0.717, 1.165) is 27.8 Å². The second kappa shape index (κ2) is 13.0. The van der Waals surface area contributed by atoms with Crippen LogP contribution in [0.15, 0.2) is 78.9 Å². The monoisotopic (exact) mass is 531 g/mol. The molecule has 3 aromatic rings. The Hall–Kier alpha value is -4.21. The van der Waals surface area contributed by atoms with Crippen molar-refractivity contribution in [1.29, 1.82) is 0 Å². The molecule has 0 saturated carbocycles. The zero-order chi connectivity index (χ0) is 27.8. The van der Waals surface area contributed by atoms with Gasteiger partial charge in [0, 0.05) is 25.6 Å². The Bertz CT molecular complexity index is 1250. The number of aliphatic hydroxyl groups excluding tert-OH is 1. The lowest BCUT2D eigenvalue weighted by Gasteiger charge is -2.25. The Kier molecular flexibility index (Phi) is 9.30. The predicted octanol–water partition coefficient (Wildman–Crippen LogP) is 2.98. The highest BCUT2D eigenvalue weighted by molar-refractivity contribution is 5.86. The molecule has 4 N–H and O–H groups in total. The number of hydrogen-bond donors (Lipinski definition) is 4. The number of benzene rings is 3. The first-order valence-corrected chi connectivity index (χ1v) is 12.8. The van der Waals surface area contributed by atoms with E-state index in [1.165, 1.54) is 0 Å². The van der Waals surface area contributed by atoms with Gasteiger partial charge in [-0.3, -0.25) is 14.5 Å².